The van der Waals surface area contributed by atoms with Crippen molar-refractivity contribution in [1.29, 1.82) is 0 Å². The molecule has 0 radical (unpaired) electrons. The van der Waals surface area contributed by atoms with Gasteiger partial charge in [0.2, 0.25) is 5.91 Å². The highest BCUT2D eigenvalue weighted by molar-refractivity contribution is 8.01. The molecule has 0 saturated heterocycles. The van der Waals surface area contributed by atoms with E-state index in [4.69, 9.17) is 4.74 Å². The third kappa shape index (κ3) is 6.70. The van der Waals surface area contributed by atoms with Gasteiger partial charge in [0.25, 0.3) is 0 Å². The average Bonchev–Trinajstić information content (AvgIpc) is 2.71. The van der Waals surface area contributed by atoms with Gasteiger partial charge in [-0.1, -0.05) is 12.1 Å². The molecule has 2 aromatic carbocycles. The maximum Gasteiger partial charge on any atom is 0.337 e. The number of carbonyl (C=O) groups excluding carboxylic acids is 3. The number of halogens is 1. The standard InChI is InChI=1S/C20H20FNO5S/c1-13(28-12-18(23)22-17-8-6-16(21)7-9-17)19(24)27-11-14-4-3-5-15(10-14)20(25)26-2/h3-10,13H,11-12H2,1-2H3,(H,22,23). The maximum absolute atomic E-state index is 12.9. The molecule has 0 saturated carbocycles. The van der Waals surface area contributed by atoms with Gasteiger partial charge in [-0.25, -0.2) is 9.18 Å². The Labute approximate surface area is 166 Å². The summed E-state index contributed by atoms with van der Waals surface area (Å²) in [7, 11) is 1.29. The molecule has 0 aromatic heterocycles. The van der Waals surface area contributed by atoms with Gasteiger partial charge >= 0.3 is 11.9 Å². The van der Waals surface area contributed by atoms with Gasteiger partial charge in [-0.2, -0.15) is 0 Å². The molecule has 2 rings (SSSR count). The zero-order valence-corrected chi connectivity index (χ0v) is 16.3. The van der Waals surface area contributed by atoms with E-state index in [1.807, 2.05) is 0 Å². The molecular formula is C20H20FNO5S. The number of anilines is 1. The number of methoxy groups -OCH3 is 1. The van der Waals surface area contributed by atoms with Crippen molar-refractivity contribution >= 4 is 35.3 Å². The van der Waals surface area contributed by atoms with Crippen LogP contribution in [0.15, 0.2) is 48.5 Å². The molecule has 0 aliphatic carbocycles. The van der Waals surface area contributed by atoms with Crippen molar-refractivity contribution in [1.82, 2.24) is 0 Å². The van der Waals surface area contributed by atoms with Crippen LogP contribution in [0.25, 0.3) is 0 Å². The number of rotatable bonds is 8. The smallest absolute Gasteiger partial charge is 0.337 e. The van der Waals surface area contributed by atoms with Crippen molar-refractivity contribution in [2.24, 2.45) is 0 Å². The molecule has 1 atom stereocenters. The Hall–Kier alpha value is -2.87. The Kier molecular flexibility index (Phi) is 8.01. The molecular weight excluding hydrogens is 385 g/mol. The summed E-state index contributed by atoms with van der Waals surface area (Å²) < 4.78 is 22.7. The normalized spacial score (nSPS) is 11.4. The van der Waals surface area contributed by atoms with Crippen molar-refractivity contribution in [2.45, 2.75) is 18.8 Å². The molecule has 1 amide bonds. The lowest BCUT2D eigenvalue weighted by atomic mass is 10.1. The predicted molar refractivity (Wildman–Crippen MR) is 105 cm³/mol. The van der Waals surface area contributed by atoms with Crippen molar-refractivity contribution in [2.75, 3.05) is 18.2 Å². The van der Waals surface area contributed by atoms with Crippen molar-refractivity contribution in [3.8, 4) is 0 Å². The van der Waals surface area contributed by atoms with E-state index in [-0.39, 0.29) is 24.1 Å². The van der Waals surface area contributed by atoms with Gasteiger partial charge in [0.05, 0.1) is 18.4 Å². The Bertz CT molecular complexity index is 841. The molecule has 0 bridgehead atoms. The van der Waals surface area contributed by atoms with Gasteiger partial charge in [0, 0.05) is 5.69 Å². The fourth-order valence-corrected chi connectivity index (χ4v) is 2.85. The summed E-state index contributed by atoms with van der Waals surface area (Å²) in [6.07, 6.45) is 0. The average molecular weight is 405 g/mol. The molecule has 6 nitrogen and oxygen atoms in total. The number of hydrogen-bond acceptors (Lipinski definition) is 6. The first-order valence-corrected chi connectivity index (χ1v) is 9.45. The molecule has 1 N–H and O–H groups in total. The predicted octanol–water partition coefficient (Wildman–Crippen LogP) is 3.42. The highest BCUT2D eigenvalue weighted by Gasteiger charge is 2.17. The quantitative estimate of drug-likeness (QED) is 0.678. The molecule has 0 spiro atoms. The van der Waals surface area contributed by atoms with Gasteiger partial charge in [0.15, 0.2) is 0 Å². The Morgan fingerprint density at radius 2 is 1.86 bits per heavy atom. The molecule has 0 fully saturated rings. The largest absolute Gasteiger partial charge is 0.465 e. The number of esters is 2. The van der Waals surface area contributed by atoms with Gasteiger partial charge < -0.3 is 14.8 Å². The van der Waals surface area contributed by atoms with Crippen LogP contribution in [0, 0.1) is 5.82 Å². The summed E-state index contributed by atoms with van der Waals surface area (Å²) in [4.78, 5) is 35.5. The summed E-state index contributed by atoms with van der Waals surface area (Å²) in [6, 6.07) is 12.0. The van der Waals surface area contributed by atoms with Crippen molar-refractivity contribution < 1.29 is 28.2 Å². The molecule has 0 heterocycles. The van der Waals surface area contributed by atoms with E-state index >= 15 is 0 Å². The van der Waals surface area contributed by atoms with Gasteiger partial charge in [-0.3, -0.25) is 9.59 Å². The molecule has 0 aliphatic heterocycles. The monoisotopic (exact) mass is 405 g/mol. The van der Waals surface area contributed by atoms with E-state index in [0.717, 1.165) is 11.8 Å². The maximum atomic E-state index is 12.9. The Morgan fingerprint density at radius 1 is 1.14 bits per heavy atom. The SMILES string of the molecule is COC(=O)c1cccc(COC(=O)C(C)SCC(=O)Nc2ccc(F)cc2)c1. The number of nitrogens with one attached hydrogen (secondary N) is 1. The van der Waals surface area contributed by atoms with Crippen LogP contribution < -0.4 is 5.32 Å². The topological polar surface area (TPSA) is 81.7 Å². The van der Waals surface area contributed by atoms with Crippen LogP contribution in [0.1, 0.15) is 22.8 Å². The van der Waals surface area contributed by atoms with Crippen LogP contribution in [-0.2, 0) is 25.7 Å². The lowest BCUT2D eigenvalue weighted by molar-refractivity contribution is -0.143. The second-order valence-electron chi connectivity index (χ2n) is 5.81. The summed E-state index contributed by atoms with van der Waals surface area (Å²) >= 11 is 1.13. The zero-order valence-electron chi connectivity index (χ0n) is 15.4. The van der Waals surface area contributed by atoms with E-state index in [9.17, 15) is 18.8 Å². The van der Waals surface area contributed by atoms with Crippen LogP contribution >= 0.6 is 11.8 Å². The van der Waals surface area contributed by atoms with E-state index in [2.05, 4.69) is 10.1 Å². The third-order valence-electron chi connectivity index (χ3n) is 3.65. The second kappa shape index (κ2) is 10.5. The van der Waals surface area contributed by atoms with E-state index < -0.39 is 17.2 Å². The number of ether oxygens (including phenoxy) is 2. The fraction of sp³-hybridized carbons (Fsp3) is 0.250. The van der Waals surface area contributed by atoms with Crippen LogP contribution in [0.3, 0.4) is 0 Å². The number of benzene rings is 2. The minimum Gasteiger partial charge on any atom is -0.465 e. The fourth-order valence-electron chi connectivity index (χ4n) is 2.18. The van der Waals surface area contributed by atoms with Gasteiger partial charge in [0.1, 0.15) is 17.7 Å². The number of hydrogen-bond donors (Lipinski definition) is 1. The third-order valence-corrected chi connectivity index (χ3v) is 4.77. The lowest BCUT2D eigenvalue weighted by Gasteiger charge is -2.12. The highest BCUT2D eigenvalue weighted by atomic mass is 32.2. The van der Waals surface area contributed by atoms with E-state index in [1.54, 1.807) is 31.2 Å². The molecule has 28 heavy (non-hydrogen) atoms. The summed E-state index contributed by atoms with van der Waals surface area (Å²) in [5.41, 5.74) is 1.51. The molecule has 0 aliphatic rings. The van der Waals surface area contributed by atoms with E-state index in [1.165, 1.54) is 31.4 Å². The van der Waals surface area contributed by atoms with Gasteiger partial charge in [-0.05, 0) is 48.9 Å². The minimum atomic E-state index is -0.553. The van der Waals surface area contributed by atoms with Crippen LogP contribution in [0.5, 0.6) is 0 Å². The first-order valence-electron chi connectivity index (χ1n) is 8.40. The number of amides is 1. The second-order valence-corrected chi connectivity index (χ2v) is 7.14. The molecule has 2 aromatic rings. The number of carbonyl (C=O) groups is 3. The van der Waals surface area contributed by atoms with Crippen molar-refractivity contribution in [3.63, 3.8) is 0 Å². The molecule has 8 heteroatoms. The van der Waals surface area contributed by atoms with E-state index in [0.29, 0.717) is 16.8 Å². The van der Waals surface area contributed by atoms with Crippen molar-refractivity contribution in [3.05, 3.63) is 65.5 Å². The van der Waals surface area contributed by atoms with Crippen LogP contribution in [0.2, 0.25) is 0 Å². The highest BCUT2D eigenvalue weighted by Crippen LogP contribution is 2.15. The van der Waals surface area contributed by atoms with Crippen LogP contribution in [0.4, 0.5) is 10.1 Å². The first-order chi connectivity index (χ1) is 13.4. The Morgan fingerprint density at radius 3 is 2.54 bits per heavy atom. The lowest BCUT2D eigenvalue weighted by Crippen LogP contribution is -2.21. The summed E-state index contributed by atoms with van der Waals surface area (Å²) in [6.45, 7) is 1.65. The summed E-state index contributed by atoms with van der Waals surface area (Å²) in [5, 5.41) is 2.07. The first kappa shape index (κ1) is 21.4. The molecule has 148 valence electrons. The molecule has 1 unspecified atom stereocenters. The number of thioether (sulfide) groups is 1. The Balaban J connectivity index is 1.77. The summed E-state index contributed by atoms with van der Waals surface area (Å²) in [5.74, 6) is -1.58. The minimum absolute atomic E-state index is 0.0103. The van der Waals surface area contributed by atoms with Crippen LogP contribution in [-0.4, -0.2) is 36.0 Å². The van der Waals surface area contributed by atoms with Gasteiger partial charge in [-0.15, -0.1) is 11.8 Å². The zero-order chi connectivity index (χ0) is 20.5.